The highest BCUT2D eigenvalue weighted by molar-refractivity contribution is 7.90. The van der Waals surface area contributed by atoms with Gasteiger partial charge in [0.25, 0.3) is 10.0 Å². The van der Waals surface area contributed by atoms with E-state index in [1.54, 1.807) is 27.5 Å². The molecule has 2 atom stereocenters. The standard InChI is InChI=1S/C35H35FN8O4S/c1-4-48-35(45)30-21-7-9-22(10-8-21)31(30)39-33-29-13-23(24-15-38-42(3)17-24)18-43(29)41-32(40-33)28-19-44(34-27(28)14-25(36)16-37-34)49(46,47)26-11-5-20(2)6-12-26/h5-6,11-19,21-22,30-31H,4,7-10H2,1-3H3,(H,39,40,41)/t21?,22?,30-,31-/m1/s1. The second-order valence-corrected chi connectivity index (χ2v) is 14.9. The van der Waals surface area contributed by atoms with Gasteiger partial charge >= 0.3 is 5.97 Å². The van der Waals surface area contributed by atoms with E-state index in [0.29, 0.717) is 17.9 Å². The van der Waals surface area contributed by atoms with E-state index < -0.39 is 15.8 Å². The Labute approximate surface area is 282 Å². The van der Waals surface area contributed by atoms with Gasteiger partial charge in [0.1, 0.15) is 11.3 Å². The van der Waals surface area contributed by atoms with Crippen LogP contribution in [-0.2, 0) is 26.6 Å². The minimum Gasteiger partial charge on any atom is -0.466 e. The molecule has 0 aliphatic heterocycles. The number of ether oxygens (including phenoxy) is 1. The normalized spacial score (nSPS) is 20.7. The van der Waals surface area contributed by atoms with E-state index >= 15 is 0 Å². The van der Waals surface area contributed by atoms with E-state index in [4.69, 9.17) is 14.8 Å². The first-order chi connectivity index (χ1) is 23.6. The molecule has 5 heterocycles. The Bertz CT molecular complexity index is 2340. The van der Waals surface area contributed by atoms with Crippen LogP contribution in [0.2, 0.25) is 0 Å². The first kappa shape index (κ1) is 31.2. The molecule has 5 aromatic heterocycles. The number of pyridine rings is 1. The molecule has 3 fully saturated rings. The Morgan fingerprint density at radius 3 is 2.49 bits per heavy atom. The van der Waals surface area contributed by atoms with Gasteiger partial charge in [-0.15, -0.1) is 5.10 Å². The maximum Gasteiger partial charge on any atom is 0.311 e. The van der Waals surface area contributed by atoms with Crippen molar-refractivity contribution >= 4 is 38.4 Å². The third kappa shape index (κ3) is 5.34. The number of hydrogen-bond donors (Lipinski definition) is 1. The van der Waals surface area contributed by atoms with Crippen molar-refractivity contribution in [1.82, 2.24) is 33.3 Å². The molecule has 14 heteroatoms. The van der Waals surface area contributed by atoms with Gasteiger partial charge in [-0.05, 0) is 75.6 Å². The lowest BCUT2D eigenvalue weighted by Crippen LogP contribution is -2.52. The number of carbonyl (C=O) groups excluding carboxylic acids is 1. The third-order valence-corrected chi connectivity index (χ3v) is 11.6. The molecule has 3 aliphatic rings. The monoisotopic (exact) mass is 682 g/mol. The third-order valence-electron chi connectivity index (χ3n) is 9.98. The summed E-state index contributed by atoms with van der Waals surface area (Å²) in [6.07, 6.45) is 11.8. The molecule has 3 aliphatic carbocycles. The molecular weight excluding hydrogens is 648 g/mol. The molecule has 6 aromatic rings. The molecule has 0 saturated heterocycles. The van der Waals surface area contributed by atoms with Crippen LogP contribution in [0.5, 0.6) is 0 Å². The van der Waals surface area contributed by atoms with E-state index in [-0.39, 0.29) is 57.1 Å². The van der Waals surface area contributed by atoms with Crippen molar-refractivity contribution < 1.29 is 22.3 Å². The molecule has 0 amide bonds. The molecule has 0 unspecified atom stereocenters. The molecule has 9 rings (SSSR count). The van der Waals surface area contributed by atoms with Gasteiger partial charge in [0.15, 0.2) is 17.3 Å². The number of anilines is 1. The largest absolute Gasteiger partial charge is 0.466 e. The summed E-state index contributed by atoms with van der Waals surface area (Å²) >= 11 is 0. The number of rotatable bonds is 8. The Morgan fingerprint density at radius 1 is 1.02 bits per heavy atom. The van der Waals surface area contributed by atoms with Crippen molar-refractivity contribution in [2.45, 2.75) is 50.5 Å². The summed E-state index contributed by atoms with van der Waals surface area (Å²) in [7, 11) is -2.28. The minimum atomic E-state index is -4.12. The molecule has 3 saturated carbocycles. The summed E-state index contributed by atoms with van der Waals surface area (Å²) in [5.74, 6) is -0.100. The predicted octanol–water partition coefficient (Wildman–Crippen LogP) is 5.61. The first-order valence-electron chi connectivity index (χ1n) is 16.4. The van der Waals surface area contributed by atoms with E-state index in [0.717, 1.165) is 52.5 Å². The second kappa shape index (κ2) is 11.8. The fraction of sp³-hybridized carbons (Fsp3) is 0.343. The van der Waals surface area contributed by atoms with Gasteiger partial charge in [0.2, 0.25) is 0 Å². The van der Waals surface area contributed by atoms with Crippen molar-refractivity contribution in [3.63, 3.8) is 0 Å². The lowest BCUT2D eigenvalue weighted by Gasteiger charge is -2.47. The van der Waals surface area contributed by atoms with Crippen molar-refractivity contribution in [3.05, 3.63) is 78.8 Å². The van der Waals surface area contributed by atoms with Gasteiger partial charge in [0.05, 0.1) is 29.8 Å². The summed E-state index contributed by atoms with van der Waals surface area (Å²) < 4.78 is 52.6. The first-order valence-corrected chi connectivity index (χ1v) is 17.9. The number of benzene rings is 1. The fourth-order valence-corrected chi connectivity index (χ4v) is 8.90. The molecule has 252 valence electrons. The van der Waals surface area contributed by atoms with E-state index in [9.17, 15) is 17.6 Å². The van der Waals surface area contributed by atoms with E-state index in [1.165, 1.54) is 24.4 Å². The fourth-order valence-electron chi connectivity index (χ4n) is 7.58. The average Bonchev–Trinajstić information content (AvgIpc) is 3.82. The number of nitrogens with one attached hydrogen (secondary N) is 1. The summed E-state index contributed by atoms with van der Waals surface area (Å²) in [5, 5.41) is 13.0. The number of carbonyl (C=O) groups is 1. The Morgan fingerprint density at radius 2 is 1.78 bits per heavy atom. The van der Waals surface area contributed by atoms with Crippen LogP contribution in [0.15, 0.2) is 72.3 Å². The molecular formula is C35H35FN8O4S. The number of halogens is 1. The Kier molecular flexibility index (Phi) is 7.50. The Balaban J connectivity index is 1.31. The van der Waals surface area contributed by atoms with Crippen LogP contribution in [0, 0.1) is 30.5 Å². The maximum atomic E-state index is 14.8. The number of aryl methyl sites for hydroxylation is 2. The highest BCUT2D eigenvalue weighted by Crippen LogP contribution is 2.47. The summed E-state index contributed by atoms with van der Waals surface area (Å²) in [5.41, 5.74) is 3.61. The van der Waals surface area contributed by atoms with Gasteiger partial charge in [-0.3, -0.25) is 9.48 Å². The number of fused-ring (bicyclic) bond motifs is 5. The van der Waals surface area contributed by atoms with Crippen LogP contribution in [-0.4, -0.2) is 60.4 Å². The van der Waals surface area contributed by atoms with Gasteiger partial charge in [0, 0.05) is 53.8 Å². The molecule has 0 spiro atoms. The maximum absolute atomic E-state index is 14.8. The van der Waals surface area contributed by atoms with E-state index in [2.05, 4.69) is 15.4 Å². The highest BCUT2D eigenvalue weighted by Gasteiger charge is 2.48. The van der Waals surface area contributed by atoms with Crippen molar-refractivity contribution in [2.24, 2.45) is 24.8 Å². The summed E-state index contributed by atoms with van der Waals surface area (Å²) in [4.78, 5) is 22.6. The lowest BCUT2D eigenvalue weighted by molar-refractivity contribution is -0.154. The minimum absolute atomic E-state index is 0.0469. The summed E-state index contributed by atoms with van der Waals surface area (Å²) in [6, 6.07) is 9.47. The van der Waals surface area contributed by atoms with Crippen LogP contribution in [0.4, 0.5) is 10.2 Å². The number of hydrogen-bond acceptors (Lipinski definition) is 9. The van der Waals surface area contributed by atoms with Gasteiger partial charge in [-0.25, -0.2) is 31.3 Å². The molecule has 49 heavy (non-hydrogen) atoms. The molecule has 1 aromatic carbocycles. The van der Waals surface area contributed by atoms with Crippen molar-refractivity contribution in [3.8, 4) is 22.5 Å². The summed E-state index contributed by atoms with van der Waals surface area (Å²) in [6.45, 7) is 3.99. The number of nitrogens with zero attached hydrogens (tertiary/aromatic N) is 7. The lowest BCUT2D eigenvalue weighted by atomic mass is 9.61. The molecule has 12 nitrogen and oxygen atoms in total. The van der Waals surface area contributed by atoms with Crippen LogP contribution < -0.4 is 5.32 Å². The molecule has 0 radical (unpaired) electrons. The zero-order chi connectivity index (χ0) is 34.0. The van der Waals surface area contributed by atoms with E-state index in [1.807, 2.05) is 39.4 Å². The van der Waals surface area contributed by atoms with Crippen LogP contribution in [0.25, 0.3) is 39.1 Å². The highest BCUT2D eigenvalue weighted by atomic mass is 32.2. The zero-order valence-electron chi connectivity index (χ0n) is 27.2. The smallest absolute Gasteiger partial charge is 0.311 e. The molecule has 2 bridgehead atoms. The number of esters is 1. The predicted molar refractivity (Wildman–Crippen MR) is 181 cm³/mol. The van der Waals surface area contributed by atoms with Crippen LogP contribution in [0.1, 0.15) is 38.2 Å². The second-order valence-electron chi connectivity index (χ2n) is 13.0. The SMILES string of the molecule is CCOC(=O)[C@@H]1C2CCC(CC2)[C@H]1Nc1nc(-c2cn(S(=O)(=O)c3ccc(C)cc3)c3ncc(F)cc23)nn2cc(-c3cnn(C)c3)cc12. The van der Waals surface area contributed by atoms with Crippen molar-refractivity contribution in [1.29, 1.82) is 0 Å². The number of aromatic nitrogens is 7. The quantitative estimate of drug-likeness (QED) is 0.203. The van der Waals surface area contributed by atoms with Crippen LogP contribution in [0.3, 0.4) is 0 Å². The average molecular weight is 683 g/mol. The molecule has 1 N–H and O–H groups in total. The topological polar surface area (TPSA) is 138 Å². The van der Waals surface area contributed by atoms with Crippen LogP contribution >= 0.6 is 0 Å². The van der Waals surface area contributed by atoms with Gasteiger partial charge < -0.3 is 10.1 Å². The zero-order valence-corrected chi connectivity index (χ0v) is 28.1. The van der Waals surface area contributed by atoms with Gasteiger partial charge in [-0.1, -0.05) is 17.7 Å². The van der Waals surface area contributed by atoms with Gasteiger partial charge in [-0.2, -0.15) is 5.10 Å². The van der Waals surface area contributed by atoms with Crippen molar-refractivity contribution in [2.75, 3.05) is 11.9 Å². The Hall–Kier alpha value is -5.11.